The molecule has 0 unspecified atom stereocenters. The van der Waals surface area contributed by atoms with Gasteiger partial charge in [-0.25, -0.2) is 9.97 Å². The number of rotatable bonds is 9. The van der Waals surface area contributed by atoms with Gasteiger partial charge in [-0.3, -0.25) is 14.4 Å². The van der Waals surface area contributed by atoms with Gasteiger partial charge in [0.1, 0.15) is 12.4 Å². The first-order valence-corrected chi connectivity index (χ1v) is 12.8. The highest BCUT2D eigenvalue weighted by Crippen LogP contribution is 2.30. The summed E-state index contributed by atoms with van der Waals surface area (Å²) in [6.45, 7) is 3.22. The lowest BCUT2D eigenvalue weighted by Crippen LogP contribution is -2.40. The quantitative estimate of drug-likeness (QED) is 0.262. The molecular weight excluding hydrogens is 478 g/mol. The number of nitrogens with one attached hydrogen (secondary N) is 2. The summed E-state index contributed by atoms with van der Waals surface area (Å²) < 4.78 is 7.79. The topological polar surface area (TPSA) is 97.2 Å². The van der Waals surface area contributed by atoms with E-state index in [9.17, 15) is 4.79 Å². The molecule has 38 heavy (non-hydrogen) atoms. The van der Waals surface area contributed by atoms with Crippen LogP contribution < -0.4 is 15.4 Å². The summed E-state index contributed by atoms with van der Waals surface area (Å²) >= 11 is 0. The van der Waals surface area contributed by atoms with Gasteiger partial charge in [0.15, 0.2) is 0 Å². The summed E-state index contributed by atoms with van der Waals surface area (Å²) in [5.41, 5.74) is 4.25. The number of carbonyl (C=O) groups excluding carboxylic acids is 1. The first kappa shape index (κ1) is 25.2. The summed E-state index contributed by atoms with van der Waals surface area (Å²) in [4.78, 5) is 23.6. The maximum absolute atomic E-state index is 12.3. The van der Waals surface area contributed by atoms with Gasteiger partial charge in [0.05, 0.1) is 24.8 Å². The molecule has 5 rings (SSSR count). The summed E-state index contributed by atoms with van der Waals surface area (Å²) in [6.07, 6.45) is 14.6. The van der Waals surface area contributed by atoms with Crippen LogP contribution in [0, 0.1) is 12.3 Å². The van der Waals surface area contributed by atoms with Crippen molar-refractivity contribution in [2.24, 2.45) is 7.05 Å². The maximum atomic E-state index is 12.3. The highest BCUT2D eigenvalue weighted by Gasteiger charge is 2.14. The fraction of sp³-hybridized carbons (Fsp3) is 0.310. The molecule has 3 heterocycles. The van der Waals surface area contributed by atoms with E-state index < -0.39 is 0 Å². The van der Waals surface area contributed by atoms with Crippen LogP contribution in [0.15, 0.2) is 55.0 Å². The zero-order chi connectivity index (χ0) is 26.3. The van der Waals surface area contributed by atoms with Crippen LogP contribution in [0.3, 0.4) is 0 Å². The molecule has 9 heteroatoms. The average Bonchev–Trinajstić information content (AvgIpc) is 3.37. The van der Waals surface area contributed by atoms with E-state index >= 15 is 0 Å². The van der Waals surface area contributed by atoms with E-state index in [0.29, 0.717) is 31.4 Å². The number of benzene rings is 2. The molecule has 0 atom stereocenters. The van der Waals surface area contributed by atoms with Crippen molar-refractivity contribution in [3.63, 3.8) is 0 Å². The Balaban J connectivity index is 1.27. The van der Waals surface area contributed by atoms with Gasteiger partial charge in [-0.05, 0) is 61.8 Å². The number of nitrogens with zero attached hydrogens (tertiary/aromatic N) is 5. The van der Waals surface area contributed by atoms with Crippen LogP contribution in [0.4, 0.5) is 11.6 Å². The number of piperidine rings is 1. The van der Waals surface area contributed by atoms with Gasteiger partial charge in [-0.1, -0.05) is 12.3 Å². The summed E-state index contributed by atoms with van der Waals surface area (Å²) in [5, 5.41) is 11.4. The first-order valence-electron chi connectivity index (χ1n) is 12.8. The van der Waals surface area contributed by atoms with E-state index in [2.05, 4.69) is 36.5 Å². The molecule has 1 aliphatic heterocycles. The van der Waals surface area contributed by atoms with Gasteiger partial charge in [0.2, 0.25) is 11.9 Å². The number of carbonyl (C=O) groups is 1. The van der Waals surface area contributed by atoms with Gasteiger partial charge >= 0.3 is 0 Å². The smallest absolute Gasteiger partial charge is 0.234 e. The second kappa shape index (κ2) is 11.8. The van der Waals surface area contributed by atoms with E-state index in [-0.39, 0.29) is 5.91 Å². The predicted molar refractivity (Wildman–Crippen MR) is 148 cm³/mol. The number of terminal acetylenes is 1. The molecule has 0 aliphatic carbocycles. The van der Waals surface area contributed by atoms with Gasteiger partial charge in [0.25, 0.3) is 0 Å². The first-order chi connectivity index (χ1) is 18.6. The van der Waals surface area contributed by atoms with E-state index in [4.69, 9.17) is 11.2 Å². The summed E-state index contributed by atoms with van der Waals surface area (Å²) in [6, 6.07) is 11.5. The lowest BCUT2D eigenvalue weighted by Gasteiger charge is -2.25. The van der Waals surface area contributed by atoms with Crippen LogP contribution in [-0.4, -0.2) is 63.3 Å². The van der Waals surface area contributed by atoms with Crippen molar-refractivity contribution in [2.75, 3.05) is 38.1 Å². The van der Waals surface area contributed by atoms with Crippen molar-refractivity contribution in [3.8, 4) is 29.2 Å². The minimum Gasteiger partial charge on any atom is -0.492 e. The Morgan fingerprint density at radius 2 is 1.97 bits per heavy atom. The third-order valence-electron chi connectivity index (χ3n) is 6.46. The maximum Gasteiger partial charge on any atom is 0.234 e. The predicted octanol–water partition coefficient (Wildman–Crippen LogP) is 3.74. The van der Waals surface area contributed by atoms with Crippen molar-refractivity contribution in [1.82, 2.24) is 30.0 Å². The zero-order valence-electron chi connectivity index (χ0n) is 21.5. The van der Waals surface area contributed by atoms with Crippen molar-refractivity contribution in [3.05, 3.63) is 60.6 Å². The monoisotopic (exact) mass is 509 g/mol. The Morgan fingerprint density at radius 1 is 1.11 bits per heavy atom. The molecule has 1 saturated heterocycles. The normalized spacial score (nSPS) is 13.7. The Morgan fingerprint density at radius 3 is 2.76 bits per heavy atom. The number of aryl methyl sites for hydroxylation is 1. The molecule has 194 valence electrons. The molecule has 2 aromatic carbocycles. The highest BCUT2D eigenvalue weighted by atomic mass is 16.5. The van der Waals surface area contributed by atoms with Gasteiger partial charge in [-0.2, -0.15) is 5.10 Å². The minimum atomic E-state index is 0.0322. The zero-order valence-corrected chi connectivity index (χ0v) is 21.5. The number of amides is 1. The lowest BCUT2D eigenvalue weighted by molar-refractivity contribution is -0.122. The van der Waals surface area contributed by atoms with Crippen LogP contribution in [0.25, 0.3) is 22.0 Å². The molecule has 0 radical (unpaired) electrons. The Kier molecular flexibility index (Phi) is 7.81. The minimum absolute atomic E-state index is 0.0322. The highest BCUT2D eigenvalue weighted by molar-refractivity contribution is 5.81. The fourth-order valence-corrected chi connectivity index (χ4v) is 4.54. The number of fused-ring (bicyclic) bond motifs is 1. The molecule has 2 aromatic heterocycles. The van der Waals surface area contributed by atoms with Crippen LogP contribution in [0.5, 0.6) is 5.75 Å². The van der Waals surface area contributed by atoms with Crippen molar-refractivity contribution in [1.29, 1.82) is 0 Å². The molecule has 1 fully saturated rings. The molecule has 2 N–H and O–H groups in total. The van der Waals surface area contributed by atoms with Crippen LogP contribution in [-0.2, 0) is 11.8 Å². The number of hydrogen-bond acceptors (Lipinski definition) is 7. The largest absolute Gasteiger partial charge is 0.492 e. The van der Waals surface area contributed by atoms with Crippen molar-refractivity contribution >= 4 is 28.4 Å². The molecule has 0 spiro atoms. The summed E-state index contributed by atoms with van der Waals surface area (Å²) in [5.74, 6) is 3.79. The van der Waals surface area contributed by atoms with Gasteiger partial charge < -0.3 is 15.4 Å². The van der Waals surface area contributed by atoms with E-state index in [0.717, 1.165) is 59.2 Å². The Bertz CT molecular complexity index is 1470. The molecule has 4 aromatic rings. The fourth-order valence-electron chi connectivity index (χ4n) is 4.54. The second-order valence-corrected chi connectivity index (χ2v) is 9.42. The lowest BCUT2D eigenvalue weighted by atomic mass is 10.1. The van der Waals surface area contributed by atoms with Crippen molar-refractivity contribution in [2.45, 2.75) is 19.3 Å². The Hall–Kier alpha value is -4.42. The van der Waals surface area contributed by atoms with Gasteiger partial charge in [0, 0.05) is 47.7 Å². The third-order valence-corrected chi connectivity index (χ3v) is 6.46. The molecular formula is C29H31N7O2. The van der Waals surface area contributed by atoms with E-state index in [1.54, 1.807) is 17.1 Å². The van der Waals surface area contributed by atoms with Crippen LogP contribution in [0.1, 0.15) is 24.8 Å². The number of anilines is 2. The average molecular weight is 510 g/mol. The standard InChI is InChI=1S/C29H31N7O2/c1-3-21-7-8-27-23(13-21)17-31-29(34-27)33-25-14-22(24-18-32-35(2)19-24)15-26(16-25)38-12-9-30-28(37)20-36-10-5-4-6-11-36/h1,7-8,13-19H,4-6,9-12,20H2,2H3,(H,30,37)(H,31,33,34). The van der Waals surface area contributed by atoms with E-state index in [1.165, 1.54) is 6.42 Å². The van der Waals surface area contributed by atoms with Crippen LogP contribution >= 0.6 is 0 Å². The number of aromatic nitrogens is 4. The molecule has 1 aliphatic rings. The summed E-state index contributed by atoms with van der Waals surface area (Å²) in [7, 11) is 1.88. The third kappa shape index (κ3) is 6.47. The molecule has 9 nitrogen and oxygen atoms in total. The Labute approximate surface area is 222 Å². The molecule has 0 saturated carbocycles. The number of likely N-dealkylation sites (tertiary alicyclic amines) is 1. The molecule has 0 bridgehead atoms. The van der Waals surface area contributed by atoms with E-state index in [1.807, 2.05) is 49.6 Å². The number of hydrogen-bond donors (Lipinski definition) is 2. The second-order valence-electron chi connectivity index (χ2n) is 9.42. The van der Waals surface area contributed by atoms with Crippen LogP contribution in [0.2, 0.25) is 0 Å². The van der Waals surface area contributed by atoms with Crippen molar-refractivity contribution < 1.29 is 9.53 Å². The van der Waals surface area contributed by atoms with Gasteiger partial charge in [-0.15, -0.1) is 6.42 Å². The SMILES string of the molecule is C#Cc1ccc2nc(Nc3cc(OCCNC(=O)CN4CCCCC4)cc(-c4cnn(C)c4)c3)ncc2c1. The number of ether oxygens (including phenoxy) is 1. The molecule has 1 amide bonds.